The van der Waals surface area contributed by atoms with Gasteiger partial charge in [0.1, 0.15) is 23.3 Å². The van der Waals surface area contributed by atoms with Crippen molar-refractivity contribution >= 4 is 18.2 Å². The maximum Gasteiger partial charge on any atom is 0.408 e. The first-order chi connectivity index (χ1) is 25.9. The van der Waals surface area contributed by atoms with Crippen LogP contribution < -0.4 is 10.6 Å². The van der Waals surface area contributed by atoms with Crippen LogP contribution >= 0.6 is 0 Å². The molecule has 326 valence electrons. The van der Waals surface area contributed by atoms with Gasteiger partial charge in [-0.25, -0.2) is 14.4 Å². The molecule has 5 aliphatic carbocycles. The minimum absolute atomic E-state index is 0.0245. The topological polar surface area (TPSA) is 173 Å². The Morgan fingerprint density at radius 2 is 1.44 bits per heavy atom. The van der Waals surface area contributed by atoms with E-state index in [0.717, 1.165) is 32.1 Å². The van der Waals surface area contributed by atoms with Crippen LogP contribution in [0, 0.1) is 44.8 Å². The maximum atomic E-state index is 14.6. The zero-order valence-corrected chi connectivity index (χ0v) is 37.3. The third-order valence-electron chi connectivity index (χ3n) is 16.3. The molecule has 12 nitrogen and oxygen atoms in total. The molecule has 12 heteroatoms. The molecule has 2 unspecified atom stereocenters. The van der Waals surface area contributed by atoms with Gasteiger partial charge in [0, 0.05) is 12.5 Å². The van der Waals surface area contributed by atoms with Gasteiger partial charge in [0.15, 0.2) is 0 Å². The lowest BCUT2D eigenvalue weighted by Gasteiger charge is -2.64. The number of alkyl carbamates (subject to hydrolysis) is 2. The van der Waals surface area contributed by atoms with Crippen molar-refractivity contribution in [1.29, 1.82) is 0 Å². The van der Waals surface area contributed by atoms with Crippen molar-refractivity contribution in [2.45, 2.75) is 213 Å². The van der Waals surface area contributed by atoms with Crippen molar-refractivity contribution in [3.05, 3.63) is 0 Å². The molecule has 0 aromatic rings. The minimum atomic E-state index is -1.06. The lowest BCUT2D eigenvalue weighted by molar-refractivity contribution is -0.214. The molecule has 5 saturated carbocycles. The van der Waals surface area contributed by atoms with Gasteiger partial charge in [-0.1, -0.05) is 27.7 Å². The Morgan fingerprint density at radius 3 is 2.04 bits per heavy atom. The number of rotatable bonds is 9. The molecule has 2 amide bonds. The Morgan fingerprint density at radius 1 is 0.807 bits per heavy atom. The Hall–Kier alpha value is -2.15. The summed E-state index contributed by atoms with van der Waals surface area (Å²) in [6.45, 7) is 25.6. The van der Waals surface area contributed by atoms with E-state index in [4.69, 9.17) is 18.9 Å². The third kappa shape index (κ3) is 7.62. The summed E-state index contributed by atoms with van der Waals surface area (Å²) in [6, 6.07) is -1.04. The SMILES string of the molecule is CC(C)(C)OC(=O)NCCC[C@H](NC(=O)OC(C)(C)C)C(=O)O[C@H]1C[C@@]2(C)C3C[C@H](O)[C@H]4C(C)(C)[C@@H](O)CC[C@@]45CC35CC[C@]2(C)[C@H]1[C@@]1(C)CC[C@@H](C(C)(C)O)O1. The summed E-state index contributed by atoms with van der Waals surface area (Å²) in [7, 11) is 0. The standard InChI is InChI=1S/C45H76N2O10/c1-37(2,3)56-35(51)46-22-14-15-26(47-36(52)57-38(4,5)6)34(50)54-28-24-42(12)29-23-27(48)32-39(7,8)30(49)16-19-45(32)25-44(29,45)21-20-41(42,11)33(28)43(13)18-17-31(55-43)40(9,10)53/h26-33,48-49,53H,14-25H2,1-13H3,(H,46,51)(H,47,52)/t26-,27-,28-,29?,30-,31-,32-,33-,41+,42-,43+,44?,45+/m0/s1. The van der Waals surface area contributed by atoms with E-state index in [1.54, 1.807) is 55.4 Å². The zero-order valence-electron chi connectivity index (χ0n) is 37.3. The summed E-state index contributed by atoms with van der Waals surface area (Å²) in [5, 5.41) is 40.0. The highest BCUT2D eigenvalue weighted by Crippen LogP contribution is 2.89. The van der Waals surface area contributed by atoms with Crippen molar-refractivity contribution < 1.29 is 48.7 Å². The van der Waals surface area contributed by atoms with E-state index in [-0.39, 0.29) is 63.9 Å². The number of amides is 2. The van der Waals surface area contributed by atoms with Crippen molar-refractivity contribution in [1.82, 2.24) is 10.6 Å². The number of fused-ring (bicyclic) bond motifs is 2. The van der Waals surface area contributed by atoms with Crippen molar-refractivity contribution in [2.75, 3.05) is 6.54 Å². The summed E-state index contributed by atoms with van der Waals surface area (Å²) in [6.07, 6.45) is 4.53. The average Bonchev–Trinajstić information content (AvgIpc) is 3.38. The molecule has 6 fully saturated rings. The molecule has 0 radical (unpaired) electrons. The summed E-state index contributed by atoms with van der Waals surface area (Å²) in [4.78, 5) is 40.1. The zero-order chi connectivity index (χ0) is 42.6. The molecule has 5 N–H and O–H groups in total. The van der Waals surface area contributed by atoms with Gasteiger partial charge in [0.25, 0.3) is 0 Å². The van der Waals surface area contributed by atoms with Crippen molar-refractivity contribution in [2.24, 2.45) is 44.8 Å². The Balaban J connectivity index is 1.31. The summed E-state index contributed by atoms with van der Waals surface area (Å²) < 4.78 is 24.6. The first kappa shape index (κ1) is 44.4. The largest absolute Gasteiger partial charge is 0.460 e. The van der Waals surface area contributed by atoms with E-state index in [9.17, 15) is 29.7 Å². The van der Waals surface area contributed by atoms with Gasteiger partial charge in [0.2, 0.25) is 0 Å². The molecular formula is C45H76N2O10. The van der Waals surface area contributed by atoms with Crippen LogP contribution in [0.15, 0.2) is 0 Å². The maximum absolute atomic E-state index is 14.6. The number of hydrogen-bond donors (Lipinski definition) is 5. The number of carbonyl (C=O) groups excluding carboxylic acids is 3. The molecule has 57 heavy (non-hydrogen) atoms. The Bertz CT molecular complexity index is 1560. The van der Waals surface area contributed by atoms with Gasteiger partial charge in [-0.05, 0) is 172 Å². The van der Waals surface area contributed by atoms with Crippen LogP contribution in [-0.2, 0) is 23.7 Å². The normalized spacial score (nSPS) is 42.7. The number of aliphatic hydroxyl groups excluding tert-OH is 2. The van der Waals surface area contributed by atoms with Gasteiger partial charge in [-0.2, -0.15) is 0 Å². The molecule has 1 aliphatic heterocycles. The fourth-order valence-electron chi connectivity index (χ4n) is 13.9. The molecular weight excluding hydrogens is 728 g/mol. The number of esters is 1. The summed E-state index contributed by atoms with van der Waals surface area (Å²) in [5.41, 5.74) is -4.27. The van der Waals surface area contributed by atoms with E-state index >= 15 is 0 Å². The lowest BCUT2D eigenvalue weighted by Crippen LogP contribution is -2.62. The van der Waals surface area contributed by atoms with Gasteiger partial charge in [-0.3, -0.25) is 0 Å². The fraction of sp³-hybridized carbons (Fsp3) is 0.933. The highest BCUT2D eigenvalue weighted by atomic mass is 16.6. The number of aliphatic hydroxyl groups is 3. The quantitative estimate of drug-likeness (QED) is 0.0913. The Kier molecular flexibility index (Phi) is 11.1. The second kappa shape index (κ2) is 14.2. The van der Waals surface area contributed by atoms with Gasteiger partial charge >= 0.3 is 18.2 Å². The van der Waals surface area contributed by atoms with E-state index < -0.39 is 64.9 Å². The van der Waals surface area contributed by atoms with Crippen molar-refractivity contribution in [3.8, 4) is 0 Å². The van der Waals surface area contributed by atoms with E-state index in [2.05, 4.69) is 45.3 Å². The third-order valence-corrected chi connectivity index (χ3v) is 16.3. The molecule has 0 bridgehead atoms. The average molecular weight is 805 g/mol. The predicted molar refractivity (Wildman–Crippen MR) is 215 cm³/mol. The minimum Gasteiger partial charge on any atom is -0.460 e. The van der Waals surface area contributed by atoms with E-state index in [1.165, 1.54) is 0 Å². The molecule has 6 rings (SSSR count). The molecule has 13 atom stereocenters. The monoisotopic (exact) mass is 805 g/mol. The number of ether oxygens (including phenoxy) is 4. The molecule has 6 aliphatic rings. The number of nitrogens with one attached hydrogen (secondary N) is 2. The molecule has 0 aromatic heterocycles. The van der Waals surface area contributed by atoms with Crippen LogP contribution in [0.3, 0.4) is 0 Å². The number of carbonyl (C=O) groups is 3. The van der Waals surface area contributed by atoms with Gasteiger partial charge < -0.3 is 44.9 Å². The summed E-state index contributed by atoms with van der Waals surface area (Å²) in [5.74, 6) is -0.591. The van der Waals surface area contributed by atoms with Gasteiger partial charge in [0.05, 0.1) is 29.5 Å². The smallest absolute Gasteiger partial charge is 0.408 e. The molecule has 1 heterocycles. The molecule has 2 spiro atoms. The first-order valence-corrected chi connectivity index (χ1v) is 21.9. The summed E-state index contributed by atoms with van der Waals surface area (Å²) >= 11 is 0. The van der Waals surface area contributed by atoms with Crippen LogP contribution in [0.1, 0.15) is 161 Å². The van der Waals surface area contributed by atoms with E-state index in [1.807, 2.05) is 0 Å². The van der Waals surface area contributed by atoms with Crippen LogP contribution in [0.2, 0.25) is 0 Å². The van der Waals surface area contributed by atoms with Crippen molar-refractivity contribution in [3.63, 3.8) is 0 Å². The highest BCUT2D eigenvalue weighted by Gasteiger charge is 2.85. The number of hydrogen-bond acceptors (Lipinski definition) is 10. The predicted octanol–water partition coefficient (Wildman–Crippen LogP) is 7.19. The first-order valence-electron chi connectivity index (χ1n) is 21.9. The van der Waals surface area contributed by atoms with E-state index in [0.29, 0.717) is 32.1 Å². The second-order valence-electron chi connectivity index (χ2n) is 23.1. The van der Waals surface area contributed by atoms with Gasteiger partial charge in [-0.15, -0.1) is 0 Å². The lowest BCUT2D eigenvalue weighted by atomic mass is 9.41. The van der Waals surface area contributed by atoms with Crippen LogP contribution in [-0.4, -0.2) is 92.9 Å². The molecule has 0 aromatic carbocycles. The van der Waals surface area contributed by atoms with Crippen LogP contribution in [0.25, 0.3) is 0 Å². The molecule has 1 saturated heterocycles. The Labute approximate surface area is 341 Å². The highest BCUT2D eigenvalue weighted by molar-refractivity contribution is 5.81. The van der Waals surface area contributed by atoms with Crippen LogP contribution in [0.5, 0.6) is 0 Å². The van der Waals surface area contributed by atoms with Crippen LogP contribution in [0.4, 0.5) is 9.59 Å². The second-order valence-corrected chi connectivity index (χ2v) is 23.1. The fourth-order valence-corrected chi connectivity index (χ4v) is 13.9.